The largest absolute Gasteiger partial charge is 0.459 e. The zero-order chi connectivity index (χ0) is 18.1. The number of fused-ring (bicyclic) bond motifs is 1. The monoisotopic (exact) mass is 347 g/mol. The van der Waals surface area contributed by atoms with Crippen LogP contribution in [0.5, 0.6) is 0 Å². The summed E-state index contributed by atoms with van der Waals surface area (Å²) >= 11 is 0. The Morgan fingerprint density at radius 1 is 1.08 bits per heavy atom. The summed E-state index contributed by atoms with van der Waals surface area (Å²) in [6.07, 6.45) is 0. The highest BCUT2D eigenvalue weighted by Crippen LogP contribution is 2.27. The van der Waals surface area contributed by atoms with Gasteiger partial charge in [0.15, 0.2) is 0 Å². The second-order valence-electron chi connectivity index (χ2n) is 6.60. The Bertz CT molecular complexity index is 1000. The molecule has 0 radical (unpaired) electrons. The van der Waals surface area contributed by atoms with E-state index >= 15 is 0 Å². The van der Waals surface area contributed by atoms with Crippen LogP contribution in [-0.4, -0.2) is 22.1 Å². The fourth-order valence-electron chi connectivity index (χ4n) is 3.03. The van der Waals surface area contributed by atoms with Crippen LogP contribution in [0.25, 0.3) is 22.4 Å². The van der Waals surface area contributed by atoms with Gasteiger partial charge >= 0.3 is 0 Å². The van der Waals surface area contributed by atoms with Crippen LogP contribution in [0.1, 0.15) is 30.2 Å². The molecule has 0 spiro atoms. The summed E-state index contributed by atoms with van der Waals surface area (Å²) < 4.78 is 11.4. The fourth-order valence-corrected chi connectivity index (χ4v) is 3.03. The first kappa shape index (κ1) is 16.5. The van der Waals surface area contributed by atoms with Crippen LogP contribution >= 0.6 is 0 Å². The summed E-state index contributed by atoms with van der Waals surface area (Å²) in [6.45, 7) is 4.70. The molecule has 0 unspecified atom stereocenters. The molecule has 0 saturated carbocycles. The number of hydrogen-bond donors (Lipinski definition) is 0. The van der Waals surface area contributed by atoms with Crippen molar-refractivity contribution in [2.75, 3.05) is 7.05 Å². The lowest BCUT2D eigenvalue weighted by atomic mass is 10.1. The van der Waals surface area contributed by atoms with Crippen LogP contribution in [0.2, 0.25) is 0 Å². The predicted molar refractivity (Wildman–Crippen MR) is 101 cm³/mol. The summed E-state index contributed by atoms with van der Waals surface area (Å²) in [5.74, 6) is 2.14. The van der Waals surface area contributed by atoms with Crippen molar-refractivity contribution in [2.45, 2.75) is 26.4 Å². The Labute approximate surface area is 152 Å². The number of aryl methyl sites for hydroxylation is 1. The van der Waals surface area contributed by atoms with E-state index < -0.39 is 0 Å². The zero-order valence-corrected chi connectivity index (χ0v) is 15.1. The van der Waals surface area contributed by atoms with Crippen molar-refractivity contribution in [3.05, 3.63) is 71.8 Å². The zero-order valence-electron chi connectivity index (χ0n) is 15.1. The first-order valence-electron chi connectivity index (χ1n) is 8.69. The first-order valence-corrected chi connectivity index (χ1v) is 8.69. The van der Waals surface area contributed by atoms with Gasteiger partial charge in [-0.1, -0.05) is 47.6 Å². The maximum absolute atomic E-state index is 5.97. The van der Waals surface area contributed by atoms with Gasteiger partial charge in [0, 0.05) is 10.9 Å². The molecule has 0 N–H and O–H groups in total. The third-order valence-electron chi connectivity index (χ3n) is 4.76. The van der Waals surface area contributed by atoms with Gasteiger partial charge in [-0.25, -0.2) is 0 Å². The van der Waals surface area contributed by atoms with Crippen LogP contribution in [0.3, 0.4) is 0 Å². The van der Waals surface area contributed by atoms with E-state index in [0.717, 1.165) is 27.9 Å². The molecule has 0 aliphatic carbocycles. The van der Waals surface area contributed by atoms with Gasteiger partial charge in [0.2, 0.25) is 11.7 Å². The quantitative estimate of drug-likeness (QED) is 0.509. The standard InChI is InChI=1S/C21H21N3O2/c1-14-8-4-6-10-17(14)21-22-20(26-23-21)13-24(3)15(2)19-12-16-9-5-7-11-18(16)25-19/h4-12,15H,13H2,1-3H3/t15-/m0/s1. The molecule has 0 amide bonds. The number of furan rings is 1. The SMILES string of the molecule is Cc1ccccc1-c1noc(CN(C)[C@@H](C)c2cc3ccccc3o2)n1. The lowest BCUT2D eigenvalue weighted by molar-refractivity contribution is 0.198. The number of nitrogens with zero attached hydrogens (tertiary/aromatic N) is 3. The molecular formula is C21H21N3O2. The molecule has 5 nitrogen and oxygen atoms in total. The van der Waals surface area contributed by atoms with Crippen molar-refractivity contribution in [3.63, 3.8) is 0 Å². The third kappa shape index (κ3) is 3.13. The van der Waals surface area contributed by atoms with E-state index in [-0.39, 0.29) is 6.04 Å². The van der Waals surface area contributed by atoms with Gasteiger partial charge in [0.1, 0.15) is 11.3 Å². The Morgan fingerprint density at radius 2 is 1.85 bits per heavy atom. The summed E-state index contributed by atoms with van der Waals surface area (Å²) in [6, 6.07) is 18.2. The summed E-state index contributed by atoms with van der Waals surface area (Å²) in [5, 5.41) is 5.24. The Kier molecular flexibility index (Phi) is 4.31. The minimum atomic E-state index is 0.0937. The molecule has 2 aromatic heterocycles. The smallest absolute Gasteiger partial charge is 0.241 e. The van der Waals surface area contributed by atoms with E-state index in [9.17, 15) is 0 Å². The second-order valence-corrected chi connectivity index (χ2v) is 6.60. The van der Waals surface area contributed by atoms with Gasteiger partial charge in [-0.05, 0) is 38.6 Å². The number of rotatable bonds is 5. The summed E-state index contributed by atoms with van der Waals surface area (Å²) in [4.78, 5) is 6.68. The molecule has 2 aromatic carbocycles. The van der Waals surface area contributed by atoms with Crippen LogP contribution in [0.4, 0.5) is 0 Å². The van der Waals surface area contributed by atoms with Crippen molar-refractivity contribution in [3.8, 4) is 11.4 Å². The van der Waals surface area contributed by atoms with Gasteiger partial charge in [0.25, 0.3) is 0 Å². The average Bonchev–Trinajstić information content (AvgIpc) is 3.28. The molecule has 4 aromatic rings. The average molecular weight is 347 g/mol. The summed E-state index contributed by atoms with van der Waals surface area (Å²) in [5.41, 5.74) is 3.03. The molecule has 0 bridgehead atoms. The Morgan fingerprint density at radius 3 is 2.65 bits per heavy atom. The van der Waals surface area contributed by atoms with Gasteiger partial charge in [0.05, 0.1) is 12.6 Å². The third-order valence-corrected chi connectivity index (χ3v) is 4.76. The van der Waals surface area contributed by atoms with Gasteiger partial charge in [-0.3, -0.25) is 4.90 Å². The predicted octanol–water partition coefficient (Wildman–Crippen LogP) is 4.98. The molecule has 26 heavy (non-hydrogen) atoms. The Hall–Kier alpha value is -2.92. The fraction of sp³-hybridized carbons (Fsp3) is 0.238. The molecule has 5 heteroatoms. The van der Waals surface area contributed by atoms with Crippen LogP contribution in [-0.2, 0) is 6.54 Å². The number of aromatic nitrogens is 2. The van der Waals surface area contributed by atoms with Crippen molar-refractivity contribution in [1.29, 1.82) is 0 Å². The Balaban J connectivity index is 1.51. The molecule has 1 atom stereocenters. The molecule has 4 rings (SSSR count). The normalized spacial score (nSPS) is 12.8. The minimum Gasteiger partial charge on any atom is -0.459 e. The van der Waals surface area contributed by atoms with E-state index in [4.69, 9.17) is 8.94 Å². The van der Waals surface area contributed by atoms with Gasteiger partial charge in [-0.2, -0.15) is 4.98 Å². The number of benzene rings is 2. The highest BCUT2D eigenvalue weighted by molar-refractivity contribution is 5.77. The van der Waals surface area contributed by atoms with Crippen molar-refractivity contribution >= 4 is 11.0 Å². The maximum Gasteiger partial charge on any atom is 0.241 e. The van der Waals surface area contributed by atoms with Gasteiger partial charge < -0.3 is 8.94 Å². The highest BCUT2D eigenvalue weighted by atomic mass is 16.5. The molecule has 132 valence electrons. The number of para-hydroxylation sites is 1. The number of hydrogen-bond acceptors (Lipinski definition) is 5. The van der Waals surface area contributed by atoms with Crippen LogP contribution in [0.15, 0.2) is 63.5 Å². The lowest BCUT2D eigenvalue weighted by Crippen LogP contribution is -2.21. The van der Waals surface area contributed by atoms with Crippen LogP contribution in [0, 0.1) is 6.92 Å². The van der Waals surface area contributed by atoms with E-state index in [1.54, 1.807) is 0 Å². The maximum atomic E-state index is 5.97. The van der Waals surface area contributed by atoms with Gasteiger partial charge in [-0.15, -0.1) is 0 Å². The molecule has 0 fully saturated rings. The molecule has 0 saturated heterocycles. The molecule has 0 aliphatic heterocycles. The van der Waals surface area contributed by atoms with E-state index in [0.29, 0.717) is 18.3 Å². The van der Waals surface area contributed by atoms with Crippen molar-refractivity contribution in [1.82, 2.24) is 15.0 Å². The van der Waals surface area contributed by atoms with E-state index in [1.165, 1.54) is 0 Å². The first-order chi connectivity index (χ1) is 12.6. The van der Waals surface area contributed by atoms with Crippen molar-refractivity contribution in [2.24, 2.45) is 0 Å². The lowest BCUT2D eigenvalue weighted by Gasteiger charge is -2.20. The topological polar surface area (TPSA) is 55.3 Å². The van der Waals surface area contributed by atoms with Crippen molar-refractivity contribution < 1.29 is 8.94 Å². The minimum absolute atomic E-state index is 0.0937. The van der Waals surface area contributed by atoms with Crippen LogP contribution < -0.4 is 0 Å². The molecule has 2 heterocycles. The van der Waals surface area contributed by atoms with E-state index in [2.05, 4.69) is 34.1 Å². The molecular weight excluding hydrogens is 326 g/mol. The highest BCUT2D eigenvalue weighted by Gasteiger charge is 2.19. The molecule has 0 aliphatic rings. The van der Waals surface area contributed by atoms with E-state index in [1.807, 2.05) is 56.4 Å². The second kappa shape index (κ2) is 6.77. The summed E-state index contributed by atoms with van der Waals surface area (Å²) in [7, 11) is 2.02.